The third-order valence-electron chi connectivity index (χ3n) is 2.75. The molecule has 0 spiro atoms. The fourth-order valence-electron chi connectivity index (χ4n) is 1.70. The van der Waals surface area contributed by atoms with Gasteiger partial charge in [-0.05, 0) is 60.1 Å². The van der Waals surface area contributed by atoms with E-state index in [1.54, 1.807) is 24.5 Å². The second-order valence-electron chi connectivity index (χ2n) is 4.31. The van der Waals surface area contributed by atoms with E-state index < -0.39 is 0 Å². The summed E-state index contributed by atoms with van der Waals surface area (Å²) in [6, 6.07) is 11.4. The highest BCUT2D eigenvalue weighted by molar-refractivity contribution is 7.15. The lowest BCUT2D eigenvalue weighted by atomic mass is 10.4. The maximum atomic E-state index is 10.6. The molecule has 0 aliphatic carbocycles. The normalized spacial score (nSPS) is 9.43. The summed E-state index contributed by atoms with van der Waals surface area (Å²) in [4.78, 5) is 15.1. The molecule has 0 saturated carbocycles. The first kappa shape index (κ1) is 15.6. The van der Waals surface area contributed by atoms with Crippen LogP contribution in [0.15, 0.2) is 36.4 Å². The lowest BCUT2D eigenvalue weighted by Crippen LogP contribution is -1.73. The SMILES string of the molecule is COc1ccc(C#Cc2ccc(C#Cc3ccc(C=O)s3)s2)s1. The number of hydrogen-bond acceptors (Lipinski definition) is 5. The van der Waals surface area contributed by atoms with Gasteiger partial charge in [0, 0.05) is 0 Å². The first-order chi connectivity index (χ1) is 11.3. The standard InChI is InChI=1S/C18H10O2S3/c1-20-18-11-10-16(23-18)7-6-14-3-2-13(21-14)4-5-15-8-9-17(12-19)22-15/h2-3,8-12H,1H3. The summed E-state index contributed by atoms with van der Waals surface area (Å²) in [7, 11) is 1.65. The molecule has 0 bridgehead atoms. The van der Waals surface area contributed by atoms with Crippen molar-refractivity contribution in [1.29, 1.82) is 0 Å². The second-order valence-corrected chi connectivity index (χ2v) is 7.55. The summed E-state index contributed by atoms with van der Waals surface area (Å²) in [5.74, 6) is 12.4. The molecule has 0 atom stereocenters. The van der Waals surface area contributed by atoms with Crippen LogP contribution in [0.2, 0.25) is 0 Å². The Morgan fingerprint density at radius 3 is 1.83 bits per heavy atom. The zero-order chi connectivity index (χ0) is 16.1. The van der Waals surface area contributed by atoms with Gasteiger partial charge in [-0.2, -0.15) is 0 Å². The average molecular weight is 354 g/mol. The molecule has 0 aliphatic heterocycles. The van der Waals surface area contributed by atoms with Crippen molar-refractivity contribution in [3.8, 4) is 28.7 Å². The van der Waals surface area contributed by atoms with Crippen molar-refractivity contribution in [1.82, 2.24) is 0 Å². The first-order valence-electron chi connectivity index (χ1n) is 6.59. The van der Waals surface area contributed by atoms with E-state index in [1.165, 1.54) is 22.7 Å². The van der Waals surface area contributed by atoms with E-state index in [9.17, 15) is 4.79 Å². The van der Waals surface area contributed by atoms with Gasteiger partial charge in [0.05, 0.1) is 31.5 Å². The fraction of sp³-hybridized carbons (Fsp3) is 0.0556. The number of aldehydes is 1. The predicted molar refractivity (Wildman–Crippen MR) is 96.9 cm³/mol. The highest BCUT2D eigenvalue weighted by Gasteiger charge is 1.98. The number of methoxy groups -OCH3 is 1. The fourth-order valence-corrected chi connectivity index (χ4v) is 3.76. The van der Waals surface area contributed by atoms with E-state index in [1.807, 2.05) is 30.3 Å². The Balaban J connectivity index is 1.72. The van der Waals surface area contributed by atoms with Gasteiger partial charge in [-0.15, -0.1) is 22.7 Å². The molecular formula is C18H10O2S3. The zero-order valence-electron chi connectivity index (χ0n) is 12.1. The van der Waals surface area contributed by atoms with E-state index in [-0.39, 0.29) is 0 Å². The van der Waals surface area contributed by atoms with E-state index in [2.05, 4.69) is 23.7 Å². The Morgan fingerprint density at radius 1 is 0.783 bits per heavy atom. The number of ether oxygens (including phenoxy) is 1. The predicted octanol–water partition coefficient (Wildman–Crippen LogP) is 4.49. The van der Waals surface area contributed by atoms with Gasteiger partial charge in [-0.25, -0.2) is 0 Å². The van der Waals surface area contributed by atoms with Crippen LogP contribution in [0.25, 0.3) is 0 Å². The molecule has 23 heavy (non-hydrogen) atoms. The second kappa shape index (κ2) is 7.30. The summed E-state index contributed by atoms with van der Waals surface area (Å²) >= 11 is 4.48. The van der Waals surface area contributed by atoms with Crippen LogP contribution in [0.3, 0.4) is 0 Å². The lowest BCUT2D eigenvalue weighted by Gasteiger charge is -1.87. The molecule has 3 aromatic heterocycles. The van der Waals surface area contributed by atoms with Gasteiger partial charge in [-0.1, -0.05) is 11.3 Å². The largest absolute Gasteiger partial charge is 0.487 e. The van der Waals surface area contributed by atoms with Crippen molar-refractivity contribution in [2.24, 2.45) is 0 Å². The van der Waals surface area contributed by atoms with Gasteiger partial charge in [0.25, 0.3) is 0 Å². The molecule has 2 nitrogen and oxygen atoms in total. The van der Waals surface area contributed by atoms with Gasteiger partial charge >= 0.3 is 0 Å². The van der Waals surface area contributed by atoms with E-state index in [0.29, 0.717) is 4.88 Å². The van der Waals surface area contributed by atoms with E-state index in [4.69, 9.17) is 4.74 Å². The van der Waals surface area contributed by atoms with Crippen molar-refractivity contribution in [2.45, 2.75) is 0 Å². The van der Waals surface area contributed by atoms with Crippen LogP contribution in [0.4, 0.5) is 0 Å². The molecule has 3 rings (SSSR count). The van der Waals surface area contributed by atoms with Crippen molar-refractivity contribution < 1.29 is 9.53 Å². The molecular weight excluding hydrogens is 344 g/mol. The topological polar surface area (TPSA) is 26.3 Å². The minimum atomic E-state index is 0.693. The smallest absolute Gasteiger partial charge is 0.174 e. The van der Waals surface area contributed by atoms with Crippen molar-refractivity contribution in [2.75, 3.05) is 7.11 Å². The van der Waals surface area contributed by atoms with Crippen LogP contribution in [-0.2, 0) is 0 Å². The number of thiophene rings is 3. The Morgan fingerprint density at radius 2 is 1.30 bits per heavy atom. The zero-order valence-corrected chi connectivity index (χ0v) is 14.5. The Bertz CT molecular complexity index is 951. The summed E-state index contributed by atoms with van der Waals surface area (Å²) in [6.07, 6.45) is 0.842. The highest BCUT2D eigenvalue weighted by Crippen LogP contribution is 2.23. The molecule has 0 aliphatic rings. The maximum absolute atomic E-state index is 10.6. The van der Waals surface area contributed by atoms with Gasteiger partial charge in [0.2, 0.25) is 0 Å². The highest BCUT2D eigenvalue weighted by atomic mass is 32.1. The van der Waals surface area contributed by atoms with Crippen LogP contribution in [0.1, 0.15) is 29.2 Å². The van der Waals surface area contributed by atoms with E-state index >= 15 is 0 Å². The minimum Gasteiger partial charge on any atom is -0.487 e. The molecule has 0 N–H and O–H groups in total. The van der Waals surface area contributed by atoms with Crippen molar-refractivity contribution in [3.63, 3.8) is 0 Å². The average Bonchev–Trinajstić information content (AvgIpc) is 3.30. The molecule has 0 saturated heterocycles. The minimum absolute atomic E-state index is 0.693. The molecule has 0 radical (unpaired) electrons. The maximum Gasteiger partial charge on any atom is 0.174 e. The molecule has 0 amide bonds. The molecule has 3 heterocycles. The molecule has 0 aromatic carbocycles. The Labute approximate surface area is 146 Å². The number of carbonyl (C=O) groups is 1. The van der Waals surface area contributed by atoms with Crippen LogP contribution in [0.5, 0.6) is 5.06 Å². The van der Waals surface area contributed by atoms with Crippen molar-refractivity contribution >= 4 is 40.3 Å². The van der Waals surface area contributed by atoms with Gasteiger partial charge in [0.15, 0.2) is 11.3 Å². The summed E-state index contributed by atoms with van der Waals surface area (Å²) in [5.41, 5.74) is 0. The number of carbonyl (C=O) groups excluding carboxylic acids is 1. The van der Waals surface area contributed by atoms with Gasteiger partial charge in [0.1, 0.15) is 0 Å². The quantitative estimate of drug-likeness (QED) is 0.501. The number of hydrogen-bond donors (Lipinski definition) is 0. The third-order valence-corrected chi connectivity index (χ3v) is 5.55. The third kappa shape index (κ3) is 4.12. The number of rotatable bonds is 2. The summed E-state index contributed by atoms with van der Waals surface area (Å²) in [5, 5.41) is 0.859. The monoisotopic (exact) mass is 354 g/mol. The molecule has 3 aromatic rings. The van der Waals surface area contributed by atoms with Crippen LogP contribution in [-0.4, -0.2) is 13.4 Å². The Hall–Kier alpha value is -2.31. The van der Waals surface area contributed by atoms with Gasteiger partial charge in [-0.3, -0.25) is 4.79 Å². The van der Waals surface area contributed by atoms with Gasteiger partial charge < -0.3 is 4.74 Å². The first-order valence-corrected chi connectivity index (χ1v) is 9.04. The molecule has 112 valence electrons. The molecule has 0 unspecified atom stereocenters. The van der Waals surface area contributed by atoms with Crippen LogP contribution < -0.4 is 4.74 Å². The summed E-state index contributed by atoms with van der Waals surface area (Å²) < 4.78 is 5.15. The summed E-state index contributed by atoms with van der Waals surface area (Å²) in [6.45, 7) is 0. The van der Waals surface area contributed by atoms with Crippen molar-refractivity contribution in [3.05, 3.63) is 60.8 Å². The molecule has 5 heteroatoms. The Kier molecular flexibility index (Phi) is 4.95. The van der Waals surface area contributed by atoms with Crippen LogP contribution in [0, 0.1) is 23.7 Å². The van der Waals surface area contributed by atoms with E-state index in [0.717, 1.165) is 30.9 Å². The molecule has 0 fully saturated rings. The van der Waals surface area contributed by atoms with Crippen LogP contribution >= 0.6 is 34.0 Å². The lowest BCUT2D eigenvalue weighted by molar-refractivity contribution is 0.112.